The zero-order valence-electron chi connectivity index (χ0n) is 16.6. The fourth-order valence-electron chi connectivity index (χ4n) is 2.96. The van der Waals surface area contributed by atoms with Crippen LogP contribution in [0.15, 0.2) is 53.7 Å². The summed E-state index contributed by atoms with van der Waals surface area (Å²) in [5, 5.41) is 9.12. The molecule has 2 N–H and O–H groups in total. The molecule has 1 unspecified atom stereocenters. The monoisotopic (exact) mass is 498 g/mol. The van der Waals surface area contributed by atoms with E-state index in [-0.39, 0.29) is 18.2 Å². The number of hydrogen-bond donors (Lipinski definition) is 1. The van der Waals surface area contributed by atoms with Crippen molar-refractivity contribution in [1.29, 1.82) is 0 Å². The van der Waals surface area contributed by atoms with E-state index in [1.165, 1.54) is 41.5 Å². The van der Waals surface area contributed by atoms with Gasteiger partial charge in [0.25, 0.3) is 6.43 Å². The molecule has 0 aliphatic carbocycles. The second-order valence-electron chi connectivity index (χ2n) is 7.00. The summed E-state index contributed by atoms with van der Waals surface area (Å²) in [5.74, 6) is -3.05. The van der Waals surface area contributed by atoms with Crippen molar-refractivity contribution in [2.75, 3.05) is 0 Å². The Morgan fingerprint density at radius 3 is 2.48 bits per heavy atom. The van der Waals surface area contributed by atoms with Gasteiger partial charge < -0.3 is 0 Å². The number of nitrogens with zero attached hydrogens (tertiary/aromatic N) is 7. The molecule has 0 spiro atoms. The Labute approximate surface area is 194 Å². The minimum atomic E-state index is -3.52. The SMILES string of the molecule is NC(F)(Cn1c(-c2ccc(Cl)cc2)nn(Cc2ncn(-c3ncccc3Cl)n2)c1=O)C(F)F. The van der Waals surface area contributed by atoms with Crippen molar-refractivity contribution in [2.24, 2.45) is 5.73 Å². The molecular formula is C19H15Cl2F3N8O. The zero-order valence-corrected chi connectivity index (χ0v) is 18.1. The molecule has 0 amide bonds. The van der Waals surface area contributed by atoms with E-state index in [9.17, 15) is 18.0 Å². The van der Waals surface area contributed by atoms with E-state index in [2.05, 4.69) is 20.2 Å². The van der Waals surface area contributed by atoms with E-state index in [1.807, 2.05) is 0 Å². The molecular weight excluding hydrogens is 484 g/mol. The molecule has 172 valence electrons. The number of pyridine rings is 1. The summed E-state index contributed by atoms with van der Waals surface area (Å²) in [4.78, 5) is 21.2. The van der Waals surface area contributed by atoms with Crippen molar-refractivity contribution in [3.8, 4) is 17.2 Å². The van der Waals surface area contributed by atoms with Gasteiger partial charge >= 0.3 is 5.69 Å². The van der Waals surface area contributed by atoms with Crippen LogP contribution >= 0.6 is 23.2 Å². The molecule has 3 heterocycles. The van der Waals surface area contributed by atoms with Crippen LogP contribution in [0.5, 0.6) is 0 Å². The van der Waals surface area contributed by atoms with Crippen LogP contribution in [0.1, 0.15) is 5.82 Å². The highest BCUT2D eigenvalue weighted by atomic mass is 35.5. The average molecular weight is 499 g/mol. The number of rotatable bonds is 7. The van der Waals surface area contributed by atoms with Gasteiger partial charge in [0.2, 0.25) is 5.79 Å². The second-order valence-corrected chi connectivity index (χ2v) is 7.84. The summed E-state index contributed by atoms with van der Waals surface area (Å²) in [6.07, 6.45) is -0.660. The minimum absolute atomic E-state index is 0.0722. The van der Waals surface area contributed by atoms with Crippen molar-refractivity contribution in [3.63, 3.8) is 0 Å². The second kappa shape index (κ2) is 8.96. The van der Waals surface area contributed by atoms with Gasteiger partial charge in [-0.25, -0.2) is 37.3 Å². The van der Waals surface area contributed by atoms with Crippen LogP contribution in [0.3, 0.4) is 0 Å². The number of nitrogens with two attached hydrogens (primary N) is 1. The third kappa shape index (κ3) is 4.77. The fourth-order valence-corrected chi connectivity index (χ4v) is 3.30. The number of benzene rings is 1. The van der Waals surface area contributed by atoms with Crippen LogP contribution in [-0.2, 0) is 13.1 Å². The summed E-state index contributed by atoms with van der Waals surface area (Å²) in [5.41, 5.74) is 4.56. The molecule has 0 saturated heterocycles. The predicted molar refractivity (Wildman–Crippen MR) is 114 cm³/mol. The third-order valence-electron chi connectivity index (χ3n) is 4.58. The van der Waals surface area contributed by atoms with Gasteiger partial charge in [0.05, 0.1) is 11.6 Å². The Hall–Kier alpha value is -3.22. The molecule has 1 atom stereocenters. The highest BCUT2D eigenvalue weighted by Crippen LogP contribution is 2.23. The van der Waals surface area contributed by atoms with Gasteiger partial charge in [-0.2, -0.15) is 0 Å². The first kappa shape index (κ1) is 23.0. The van der Waals surface area contributed by atoms with Crippen LogP contribution < -0.4 is 11.4 Å². The first-order valence-corrected chi connectivity index (χ1v) is 10.1. The molecule has 3 aromatic heterocycles. The van der Waals surface area contributed by atoms with Crippen LogP contribution in [0.2, 0.25) is 10.0 Å². The maximum atomic E-state index is 14.3. The van der Waals surface area contributed by atoms with Gasteiger partial charge in [0, 0.05) is 16.8 Å². The fraction of sp³-hybridized carbons (Fsp3) is 0.211. The molecule has 0 saturated carbocycles. The highest BCUT2D eigenvalue weighted by Gasteiger charge is 2.38. The summed E-state index contributed by atoms with van der Waals surface area (Å²) < 4.78 is 43.4. The molecule has 4 rings (SSSR count). The Morgan fingerprint density at radius 1 is 1.09 bits per heavy atom. The first-order chi connectivity index (χ1) is 15.7. The Bertz CT molecular complexity index is 1330. The summed E-state index contributed by atoms with van der Waals surface area (Å²) in [6, 6.07) is 9.33. The summed E-state index contributed by atoms with van der Waals surface area (Å²) in [7, 11) is 0. The van der Waals surface area contributed by atoms with Gasteiger partial charge in [-0.3, -0.25) is 10.3 Å². The minimum Gasteiger partial charge on any atom is -0.293 e. The average Bonchev–Trinajstić information content (AvgIpc) is 3.35. The van der Waals surface area contributed by atoms with Crippen molar-refractivity contribution in [2.45, 2.75) is 25.3 Å². The lowest BCUT2D eigenvalue weighted by atomic mass is 10.2. The van der Waals surface area contributed by atoms with Gasteiger partial charge in [-0.1, -0.05) is 23.2 Å². The zero-order chi connectivity index (χ0) is 23.8. The van der Waals surface area contributed by atoms with Crippen LogP contribution in [0.4, 0.5) is 13.2 Å². The van der Waals surface area contributed by atoms with E-state index in [1.54, 1.807) is 12.1 Å². The van der Waals surface area contributed by atoms with Gasteiger partial charge in [-0.15, -0.1) is 10.2 Å². The third-order valence-corrected chi connectivity index (χ3v) is 5.12. The topological polar surface area (TPSA) is 109 Å². The van der Waals surface area contributed by atoms with Gasteiger partial charge in [0.1, 0.15) is 12.9 Å². The predicted octanol–water partition coefficient (Wildman–Crippen LogP) is 2.93. The standard InChI is InChI=1S/C19H15Cl2F3N8O/c20-12-5-3-11(4-6-12)15-29-31(18(33)30(15)9-19(24,25)17(22)23)8-14-27-10-32(28-14)16-13(21)2-1-7-26-16/h1-7,10,17H,8-9,25H2. The van der Waals surface area contributed by atoms with Crippen molar-refractivity contribution in [3.05, 3.63) is 75.3 Å². The molecule has 0 radical (unpaired) electrons. The lowest BCUT2D eigenvalue weighted by Gasteiger charge is -2.19. The molecule has 0 aliphatic rings. The largest absolute Gasteiger partial charge is 0.346 e. The molecule has 0 fully saturated rings. The smallest absolute Gasteiger partial charge is 0.293 e. The van der Waals surface area contributed by atoms with Crippen molar-refractivity contribution >= 4 is 23.2 Å². The maximum absolute atomic E-state index is 14.3. The molecule has 9 nitrogen and oxygen atoms in total. The number of aromatic nitrogens is 7. The van der Waals surface area contributed by atoms with E-state index >= 15 is 0 Å². The van der Waals surface area contributed by atoms with Crippen molar-refractivity contribution in [1.82, 2.24) is 34.1 Å². The van der Waals surface area contributed by atoms with Gasteiger partial charge in [-0.05, 0) is 36.4 Å². The Kier molecular flexibility index (Phi) is 6.23. The molecule has 33 heavy (non-hydrogen) atoms. The number of alkyl halides is 3. The van der Waals surface area contributed by atoms with Crippen molar-refractivity contribution < 1.29 is 13.2 Å². The van der Waals surface area contributed by atoms with Crippen LogP contribution in [0.25, 0.3) is 17.2 Å². The Morgan fingerprint density at radius 2 is 1.82 bits per heavy atom. The summed E-state index contributed by atoms with van der Waals surface area (Å²) in [6.45, 7) is -1.35. The first-order valence-electron chi connectivity index (χ1n) is 9.36. The van der Waals surface area contributed by atoms with Crippen LogP contribution in [-0.4, -0.2) is 46.3 Å². The summed E-state index contributed by atoms with van der Waals surface area (Å²) >= 11 is 12.0. The van der Waals surface area contributed by atoms with E-state index in [4.69, 9.17) is 28.9 Å². The quantitative estimate of drug-likeness (QED) is 0.392. The van der Waals surface area contributed by atoms with E-state index < -0.39 is 24.5 Å². The lowest BCUT2D eigenvalue weighted by molar-refractivity contribution is -0.0418. The molecule has 0 bridgehead atoms. The number of halogens is 5. The lowest BCUT2D eigenvalue weighted by Crippen LogP contribution is -2.48. The molecule has 1 aromatic carbocycles. The Balaban J connectivity index is 1.72. The van der Waals surface area contributed by atoms with Gasteiger partial charge in [0.15, 0.2) is 17.5 Å². The molecule has 0 aliphatic heterocycles. The molecule has 14 heteroatoms. The van der Waals surface area contributed by atoms with Crippen LogP contribution in [0, 0.1) is 0 Å². The van der Waals surface area contributed by atoms with E-state index in [0.717, 1.165) is 9.25 Å². The maximum Gasteiger partial charge on any atom is 0.346 e. The normalized spacial score (nSPS) is 13.4. The molecule has 4 aromatic rings. The highest BCUT2D eigenvalue weighted by molar-refractivity contribution is 6.32. The van der Waals surface area contributed by atoms with E-state index in [0.29, 0.717) is 21.4 Å². The number of hydrogen-bond acceptors (Lipinski definition) is 6.